The number of nitrogens with one attached hydrogen (secondary N) is 2. The minimum atomic E-state index is 0.559. The standard InChI is InChI=1S/C25H33N3O2/c1-4-29-11-12-30-23-13-17(2)9-10-19(23)15-27-25(26-3)28-16-22-21-14-18-7-5-6-8-20(18)24(21)22/h5-10,13,21-22,24H,4,11-12,14-16H2,1-3H3,(H2,26,27,28). The molecule has 2 aromatic rings. The van der Waals surface area contributed by atoms with E-state index in [-0.39, 0.29) is 0 Å². The second kappa shape index (κ2) is 9.52. The molecule has 0 amide bonds. The Morgan fingerprint density at radius 1 is 1.13 bits per heavy atom. The summed E-state index contributed by atoms with van der Waals surface area (Å²) < 4.78 is 11.3. The molecule has 0 heterocycles. The van der Waals surface area contributed by atoms with Crippen LogP contribution in [-0.2, 0) is 17.7 Å². The van der Waals surface area contributed by atoms with Crippen LogP contribution in [0.25, 0.3) is 0 Å². The summed E-state index contributed by atoms with van der Waals surface area (Å²) in [6.07, 6.45) is 1.23. The summed E-state index contributed by atoms with van der Waals surface area (Å²) in [5.74, 6) is 4.00. The molecule has 2 aromatic carbocycles. The Hall–Kier alpha value is -2.53. The maximum atomic E-state index is 5.95. The molecule has 0 aromatic heterocycles. The van der Waals surface area contributed by atoms with Gasteiger partial charge in [-0.05, 0) is 60.8 Å². The van der Waals surface area contributed by atoms with Gasteiger partial charge in [0.25, 0.3) is 0 Å². The van der Waals surface area contributed by atoms with Gasteiger partial charge in [-0.25, -0.2) is 0 Å². The van der Waals surface area contributed by atoms with Crippen LogP contribution in [0.15, 0.2) is 47.5 Å². The fraction of sp³-hybridized carbons (Fsp3) is 0.480. The SMILES string of the molecule is CCOCCOc1cc(C)ccc1CNC(=NC)NCC1C2Cc3ccccc3C12. The lowest BCUT2D eigenvalue weighted by atomic mass is 10.0. The lowest BCUT2D eigenvalue weighted by Gasteiger charge is -2.16. The highest BCUT2D eigenvalue weighted by Gasteiger charge is 2.54. The summed E-state index contributed by atoms with van der Waals surface area (Å²) in [6.45, 7) is 7.59. The van der Waals surface area contributed by atoms with E-state index in [9.17, 15) is 0 Å². The van der Waals surface area contributed by atoms with Crippen LogP contribution in [0.1, 0.15) is 35.1 Å². The number of hydrogen-bond donors (Lipinski definition) is 2. The van der Waals surface area contributed by atoms with Gasteiger partial charge in [0.15, 0.2) is 5.96 Å². The number of ether oxygens (including phenoxy) is 2. The summed E-state index contributed by atoms with van der Waals surface area (Å²) in [4.78, 5) is 4.41. The molecule has 5 nitrogen and oxygen atoms in total. The number of aliphatic imine (C=N–C) groups is 1. The van der Waals surface area contributed by atoms with Crippen molar-refractivity contribution in [2.75, 3.05) is 33.4 Å². The first kappa shape index (κ1) is 20.7. The van der Waals surface area contributed by atoms with Crippen molar-refractivity contribution in [1.82, 2.24) is 10.6 Å². The Balaban J connectivity index is 1.27. The average molecular weight is 408 g/mol. The highest BCUT2D eigenvalue weighted by atomic mass is 16.5. The third-order valence-corrected chi connectivity index (χ3v) is 6.29. The van der Waals surface area contributed by atoms with E-state index in [1.54, 1.807) is 11.1 Å². The van der Waals surface area contributed by atoms with Crippen LogP contribution < -0.4 is 15.4 Å². The van der Waals surface area contributed by atoms with Crippen LogP contribution >= 0.6 is 0 Å². The zero-order chi connectivity index (χ0) is 20.9. The molecule has 0 aliphatic heterocycles. The largest absolute Gasteiger partial charge is 0.491 e. The lowest BCUT2D eigenvalue weighted by Crippen LogP contribution is -2.38. The molecule has 3 unspecified atom stereocenters. The molecule has 160 valence electrons. The molecule has 4 rings (SSSR count). The fourth-order valence-corrected chi connectivity index (χ4v) is 4.67. The predicted molar refractivity (Wildman–Crippen MR) is 121 cm³/mol. The van der Waals surface area contributed by atoms with E-state index < -0.39 is 0 Å². The topological polar surface area (TPSA) is 54.9 Å². The fourth-order valence-electron chi connectivity index (χ4n) is 4.67. The summed E-state index contributed by atoms with van der Waals surface area (Å²) in [7, 11) is 1.83. The minimum absolute atomic E-state index is 0.559. The van der Waals surface area contributed by atoms with Gasteiger partial charge < -0.3 is 20.1 Å². The Labute approximate surface area is 179 Å². The first-order valence-corrected chi connectivity index (χ1v) is 11.0. The molecule has 5 heteroatoms. The maximum Gasteiger partial charge on any atom is 0.191 e. The molecule has 1 fully saturated rings. The van der Waals surface area contributed by atoms with E-state index >= 15 is 0 Å². The maximum absolute atomic E-state index is 5.95. The van der Waals surface area contributed by atoms with E-state index in [1.807, 2.05) is 14.0 Å². The molecule has 0 spiro atoms. The Morgan fingerprint density at radius 3 is 2.83 bits per heavy atom. The molecular formula is C25H33N3O2. The van der Waals surface area contributed by atoms with Crippen molar-refractivity contribution in [3.63, 3.8) is 0 Å². The summed E-state index contributed by atoms with van der Waals surface area (Å²) >= 11 is 0. The van der Waals surface area contributed by atoms with Crippen LogP contribution in [0, 0.1) is 18.8 Å². The normalized spacial score (nSPS) is 21.7. The van der Waals surface area contributed by atoms with E-state index in [4.69, 9.17) is 9.47 Å². The van der Waals surface area contributed by atoms with Crippen LogP contribution in [0.5, 0.6) is 5.75 Å². The van der Waals surface area contributed by atoms with Crippen LogP contribution in [0.4, 0.5) is 0 Å². The highest BCUT2D eigenvalue weighted by Crippen LogP contribution is 2.60. The molecule has 0 radical (unpaired) electrons. The van der Waals surface area contributed by atoms with Gasteiger partial charge in [-0.2, -0.15) is 0 Å². The number of guanidine groups is 1. The van der Waals surface area contributed by atoms with Crippen molar-refractivity contribution in [3.8, 4) is 5.75 Å². The Bertz CT molecular complexity index is 896. The van der Waals surface area contributed by atoms with E-state index in [2.05, 4.69) is 65.0 Å². The van der Waals surface area contributed by atoms with E-state index in [0.29, 0.717) is 26.4 Å². The van der Waals surface area contributed by atoms with E-state index in [1.165, 1.54) is 12.0 Å². The number of aryl methyl sites for hydroxylation is 1. The number of benzene rings is 2. The highest BCUT2D eigenvalue weighted by molar-refractivity contribution is 5.79. The molecule has 1 saturated carbocycles. The third kappa shape index (κ3) is 4.62. The molecule has 2 aliphatic rings. The number of nitrogens with zero attached hydrogens (tertiary/aromatic N) is 1. The monoisotopic (exact) mass is 407 g/mol. The molecule has 2 aliphatic carbocycles. The Kier molecular flexibility index (Phi) is 6.58. The number of fused-ring (bicyclic) bond motifs is 3. The van der Waals surface area contributed by atoms with Gasteiger partial charge in [0.05, 0.1) is 6.61 Å². The molecule has 3 atom stereocenters. The summed E-state index contributed by atoms with van der Waals surface area (Å²) in [5.41, 5.74) is 5.42. The van der Waals surface area contributed by atoms with Crippen molar-refractivity contribution in [3.05, 3.63) is 64.7 Å². The molecule has 30 heavy (non-hydrogen) atoms. The van der Waals surface area contributed by atoms with Gasteiger partial charge in [0.2, 0.25) is 0 Å². The van der Waals surface area contributed by atoms with Gasteiger partial charge in [-0.1, -0.05) is 36.4 Å². The zero-order valence-corrected chi connectivity index (χ0v) is 18.3. The first-order chi connectivity index (χ1) is 14.7. The van der Waals surface area contributed by atoms with Crippen molar-refractivity contribution in [1.29, 1.82) is 0 Å². The third-order valence-electron chi connectivity index (χ3n) is 6.29. The smallest absolute Gasteiger partial charge is 0.191 e. The van der Waals surface area contributed by atoms with E-state index in [0.717, 1.165) is 41.6 Å². The van der Waals surface area contributed by atoms with Crippen LogP contribution in [0.3, 0.4) is 0 Å². The summed E-state index contributed by atoms with van der Waals surface area (Å²) in [6, 6.07) is 15.2. The van der Waals surface area contributed by atoms with Crippen LogP contribution in [-0.4, -0.2) is 39.4 Å². The van der Waals surface area contributed by atoms with Gasteiger partial charge in [-0.15, -0.1) is 0 Å². The lowest BCUT2D eigenvalue weighted by molar-refractivity contribution is 0.110. The molecule has 0 bridgehead atoms. The van der Waals surface area contributed by atoms with Crippen molar-refractivity contribution < 1.29 is 9.47 Å². The Morgan fingerprint density at radius 2 is 2.00 bits per heavy atom. The second-order valence-corrected chi connectivity index (χ2v) is 8.22. The van der Waals surface area contributed by atoms with Crippen molar-refractivity contribution in [2.24, 2.45) is 16.8 Å². The summed E-state index contributed by atoms with van der Waals surface area (Å²) in [5, 5.41) is 6.97. The molecular weight excluding hydrogens is 374 g/mol. The first-order valence-electron chi connectivity index (χ1n) is 11.0. The number of rotatable bonds is 9. The molecule has 2 N–H and O–H groups in total. The molecule has 0 saturated heterocycles. The van der Waals surface area contributed by atoms with Gasteiger partial charge in [0.1, 0.15) is 12.4 Å². The second-order valence-electron chi connectivity index (χ2n) is 8.22. The van der Waals surface area contributed by atoms with Gasteiger partial charge >= 0.3 is 0 Å². The quantitative estimate of drug-likeness (QED) is 0.378. The average Bonchev–Trinajstić information content (AvgIpc) is 3.29. The number of hydrogen-bond acceptors (Lipinski definition) is 3. The zero-order valence-electron chi connectivity index (χ0n) is 18.3. The van der Waals surface area contributed by atoms with Crippen LogP contribution in [0.2, 0.25) is 0 Å². The predicted octanol–water partition coefficient (Wildman–Crippen LogP) is 3.66. The van der Waals surface area contributed by atoms with Crippen molar-refractivity contribution >= 4 is 5.96 Å². The van der Waals surface area contributed by atoms with Gasteiger partial charge in [-0.3, -0.25) is 4.99 Å². The minimum Gasteiger partial charge on any atom is -0.491 e. The van der Waals surface area contributed by atoms with Gasteiger partial charge in [0, 0.05) is 32.3 Å². The van der Waals surface area contributed by atoms with Crippen molar-refractivity contribution in [2.45, 2.75) is 32.7 Å².